The number of hydrogen-bond donors (Lipinski definition) is 2. The van der Waals surface area contributed by atoms with Crippen LogP contribution >= 0.6 is 22.9 Å². The number of morpholine rings is 1. The SMILES string of the molecule is CC(C)CN(CC(F)(F)F)[C@H](CNC(=O)c1ccc(Cl)s1)C(=O)Nc1ccc(N2CCOCC2=O)cc1. The molecule has 1 aromatic heterocycles. The minimum Gasteiger partial charge on any atom is -0.370 e. The van der Waals surface area contributed by atoms with Gasteiger partial charge < -0.3 is 20.3 Å². The molecular weight excluding hydrogens is 533 g/mol. The Kier molecular flexibility index (Phi) is 9.93. The Morgan fingerprint density at radius 3 is 2.46 bits per heavy atom. The van der Waals surface area contributed by atoms with Crippen molar-refractivity contribution < 1.29 is 32.3 Å². The summed E-state index contributed by atoms with van der Waals surface area (Å²) >= 11 is 6.89. The van der Waals surface area contributed by atoms with Crippen LogP contribution in [-0.2, 0) is 14.3 Å². The second-order valence-electron chi connectivity index (χ2n) is 8.90. The van der Waals surface area contributed by atoms with Crippen molar-refractivity contribution >= 4 is 52.0 Å². The van der Waals surface area contributed by atoms with Crippen molar-refractivity contribution in [2.45, 2.75) is 26.1 Å². The summed E-state index contributed by atoms with van der Waals surface area (Å²) in [6.45, 7) is 2.59. The highest BCUT2D eigenvalue weighted by molar-refractivity contribution is 7.18. The molecule has 0 radical (unpaired) electrons. The van der Waals surface area contributed by atoms with E-state index in [2.05, 4.69) is 10.6 Å². The zero-order valence-electron chi connectivity index (χ0n) is 20.3. The first-order valence-electron chi connectivity index (χ1n) is 11.6. The molecule has 37 heavy (non-hydrogen) atoms. The van der Waals surface area contributed by atoms with E-state index in [0.29, 0.717) is 28.9 Å². The fourth-order valence-corrected chi connectivity index (χ4v) is 4.80. The molecule has 0 unspecified atom stereocenters. The van der Waals surface area contributed by atoms with Crippen molar-refractivity contribution in [1.82, 2.24) is 10.2 Å². The summed E-state index contributed by atoms with van der Waals surface area (Å²) < 4.78 is 45.7. The molecule has 202 valence electrons. The molecule has 2 aromatic rings. The number of carbonyl (C=O) groups is 3. The van der Waals surface area contributed by atoms with Crippen LogP contribution in [0, 0.1) is 5.92 Å². The summed E-state index contributed by atoms with van der Waals surface area (Å²) in [5.41, 5.74) is 0.954. The molecule has 2 heterocycles. The number of hydrogen-bond acceptors (Lipinski definition) is 6. The van der Waals surface area contributed by atoms with Gasteiger partial charge >= 0.3 is 6.18 Å². The van der Waals surface area contributed by atoms with Gasteiger partial charge in [0.25, 0.3) is 11.8 Å². The number of halogens is 4. The number of benzene rings is 1. The molecule has 0 aliphatic carbocycles. The second-order valence-corrected chi connectivity index (χ2v) is 10.6. The molecule has 1 saturated heterocycles. The van der Waals surface area contributed by atoms with Crippen LogP contribution in [0.3, 0.4) is 0 Å². The third-order valence-corrected chi connectivity index (χ3v) is 6.64. The molecule has 0 spiro atoms. The number of alkyl halides is 3. The van der Waals surface area contributed by atoms with Gasteiger partial charge in [-0.25, -0.2) is 0 Å². The van der Waals surface area contributed by atoms with Crippen molar-refractivity contribution in [3.63, 3.8) is 0 Å². The Labute approximate surface area is 221 Å². The molecule has 1 fully saturated rings. The predicted octanol–water partition coefficient (Wildman–Crippen LogP) is 4.02. The van der Waals surface area contributed by atoms with E-state index in [0.717, 1.165) is 16.2 Å². The number of anilines is 2. The summed E-state index contributed by atoms with van der Waals surface area (Å²) in [6.07, 6.45) is -4.55. The quantitative estimate of drug-likeness (QED) is 0.458. The van der Waals surface area contributed by atoms with Crippen LogP contribution < -0.4 is 15.5 Å². The lowest BCUT2D eigenvalue weighted by molar-refractivity contribution is -0.154. The van der Waals surface area contributed by atoms with Gasteiger partial charge in [0.1, 0.15) is 12.6 Å². The van der Waals surface area contributed by atoms with Crippen LogP contribution in [0.15, 0.2) is 36.4 Å². The first-order chi connectivity index (χ1) is 17.4. The Hall–Kier alpha value is -2.67. The van der Waals surface area contributed by atoms with E-state index in [1.54, 1.807) is 43.0 Å². The van der Waals surface area contributed by atoms with Gasteiger partial charge in [0.05, 0.1) is 22.4 Å². The lowest BCUT2D eigenvalue weighted by atomic mass is 10.1. The zero-order valence-corrected chi connectivity index (χ0v) is 21.9. The number of carbonyl (C=O) groups excluding carboxylic acids is 3. The maximum absolute atomic E-state index is 13.4. The van der Waals surface area contributed by atoms with Crippen LogP contribution in [0.4, 0.5) is 24.5 Å². The summed E-state index contributed by atoms with van der Waals surface area (Å²) in [6, 6.07) is 8.14. The normalized spacial score (nSPS) is 15.2. The molecule has 8 nitrogen and oxygen atoms in total. The summed E-state index contributed by atoms with van der Waals surface area (Å²) in [5, 5.41) is 5.21. The van der Waals surface area contributed by atoms with Gasteiger partial charge in [-0.3, -0.25) is 19.3 Å². The molecule has 2 N–H and O–H groups in total. The molecular formula is C24H28ClF3N4O4S. The van der Waals surface area contributed by atoms with Gasteiger partial charge in [-0.1, -0.05) is 25.4 Å². The van der Waals surface area contributed by atoms with Gasteiger partial charge in [0.15, 0.2) is 0 Å². The summed E-state index contributed by atoms with van der Waals surface area (Å²) in [7, 11) is 0. The van der Waals surface area contributed by atoms with Crippen LogP contribution in [0.2, 0.25) is 4.34 Å². The molecule has 0 bridgehead atoms. The fourth-order valence-electron chi connectivity index (χ4n) is 3.84. The monoisotopic (exact) mass is 560 g/mol. The average Bonchev–Trinajstić information content (AvgIpc) is 3.25. The van der Waals surface area contributed by atoms with Gasteiger partial charge in [0, 0.05) is 31.0 Å². The van der Waals surface area contributed by atoms with Crippen molar-refractivity contribution in [3.8, 4) is 0 Å². The minimum absolute atomic E-state index is 0.0175. The minimum atomic E-state index is -4.55. The summed E-state index contributed by atoms with van der Waals surface area (Å²) in [4.78, 5) is 40.7. The van der Waals surface area contributed by atoms with Gasteiger partial charge in [0.2, 0.25) is 5.91 Å². The number of nitrogens with one attached hydrogen (secondary N) is 2. The van der Waals surface area contributed by atoms with Crippen LogP contribution in [-0.4, -0.2) is 74.2 Å². The van der Waals surface area contributed by atoms with Crippen LogP contribution in [0.1, 0.15) is 23.5 Å². The van der Waals surface area contributed by atoms with E-state index in [1.807, 2.05) is 0 Å². The molecule has 1 aliphatic rings. The first kappa shape index (κ1) is 28.9. The van der Waals surface area contributed by atoms with Crippen LogP contribution in [0.25, 0.3) is 0 Å². The highest BCUT2D eigenvalue weighted by Crippen LogP contribution is 2.23. The number of amides is 3. The van der Waals surface area contributed by atoms with E-state index in [-0.39, 0.29) is 36.4 Å². The first-order valence-corrected chi connectivity index (χ1v) is 12.8. The van der Waals surface area contributed by atoms with Crippen molar-refractivity contribution in [2.24, 2.45) is 5.92 Å². The van der Waals surface area contributed by atoms with Crippen molar-refractivity contribution in [3.05, 3.63) is 45.6 Å². The topological polar surface area (TPSA) is 91.0 Å². The van der Waals surface area contributed by atoms with Gasteiger partial charge in [-0.05, 0) is 42.3 Å². The summed E-state index contributed by atoms with van der Waals surface area (Å²) in [5.74, 6) is -1.60. The zero-order chi connectivity index (χ0) is 27.2. The maximum Gasteiger partial charge on any atom is 0.401 e. The molecule has 1 atom stereocenters. The largest absolute Gasteiger partial charge is 0.401 e. The van der Waals surface area contributed by atoms with Gasteiger partial charge in [-0.2, -0.15) is 13.2 Å². The highest BCUT2D eigenvalue weighted by Gasteiger charge is 2.37. The molecule has 13 heteroatoms. The third kappa shape index (κ3) is 8.70. The van der Waals surface area contributed by atoms with Gasteiger partial charge in [-0.15, -0.1) is 11.3 Å². The smallest absolute Gasteiger partial charge is 0.370 e. The Morgan fingerprint density at radius 2 is 1.89 bits per heavy atom. The number of nitrogens with zero attached hydrogens (tertiary/aromatic N) is 2. The van der Waals surface area contributed by atoms with E-state index < -0.39 is 30.6 Å². The van der Waals surface area contributed by atoms with Crippen molar-refractivity contribution in [2.75, 3.05) is 49.6 Å². The Balaban J connectivity index is 1.77. The number of rotatable bonds is 10. The van der Waals surface area contributed by atoms with E-state index in [4.69, 9.17) is 16.3 Å². The maximum atomic E-state index is 13.4. The second kappa shape index (κ2) is 12.7. The molecule has 0 saturated carbocycles. The van der Waals surface area contributed by atoms with Crippen LogP contribution in [0.5, 0.6) is 0 Å². The Morgan fingerprint density at radius 1 is 1.19 bits per heavy atom. The van der Waals surface area contributed by atoms with E-state index >= 15 is 0 Å². The number of ether oxygens (including phenoxy) is 1. The third-order valence-electron chi connectivity index (χ3n) is 5.41. The highest BCUT2D eigenvalue weighted by atomic mass is 35.5. The lowest BCUT2D eigenvalue weighted by Crippen LogP contribution is -2.54. The molecule has 3 rings (SSSR count). The Bertz CT molecular complexity index is 1090. The molecule has 3 amide bonds. The van der Waals surface area contributed by atoms with E-state index in [1.165, 1.54) is 12.1 Å². The van der Waals surface area contributed by atoms with Crippen molar-refractivity contribution in [1.29, 1.82) is 0 Å². The average molecular weight is 561 g/mol. The molecule has 1 aliphatic heterocycles. The molecule has 1 aromatic carbocycles. The fraction of sp³-hybridized carbons (Fsp3) is 0.458. The predicted molar refractivity (Wildman–Crippen MR) is 136 cm³/mol. The number of thiophene rings is 1. The standard InChI is InChI=1S/C24H28ClF3N4O4S/c1-15(2)12-31(14-24(26,27)28)18(11-29-23(35)19-7-8-20(25)37-19)22(34)30-16-3-5-17(6-4-16)32-9-10-36-13-21(32)33/h3-8,15,18H,9-14H2,1-2H3,(H,29,35)(H,30,34)/t18-/m1/s1. The lowest BCUT2D eigenvalue weighted by Gasteiger charge is -2.33. The van der Waals surface area contributed by atoms with E-state index in [9.17, 15) is 27.6 Å².